The van der Waals surface area contributed by atoms with Crippen molar-refractivity contribution in [3.8, 4) is 0 Å². The van der Waals surface area contributed by atoms with Crippen LogP contribution in [0.2, 0.25) is 5.02 Å². The van der Waals surface area contributed by atoms with Gasteiger partial charge in [0.2, 0.25) is 0 Å². The lowest BCUT2D eigenvalue weighted by atomic mass is 9.95. The molecule has 0 aliphatic carbocycles. The molecule has 112 valence electrons. The molecule has 0 saturated carbocycles. The highest BCUT2D eigenvalue weighted by Gasteiger charge is 2.34. The first-order valence-electron chi connectivity index (χ1n) is 6.65. The number of halogens is 2. The van der Waals surface area contributed by atoms with Gasteiger partial charge in [-0.3, -0.25) is 5.01 Å². The fourth-order valence-electron chi connectivity index (χ4n) is 2.48. The van der Waals surface area contributed by atoms with Gasteiger partial charge in [0.1, 0.15) is 5.82 Å². The molecule has 22 heavy (non-hydrogen) atoms. The largest absolute Gasteiger partial charge is 0.477 e. The first-order chi connectivity index (χ1) is 10.6. The third kappa shape index (κ3) is 2.67. The topological polar surface area (TPSA) is 52.9 Å². The van der Waals surface area contributed by atoms with E-state index in [1.165, 1.54) is 23.2 Å². The van der Waals surface area contributed by atoms with Crippen LogP contribution in [-0.4, -0.2) is 23.3 Å². The lowest BCUT2D eigenvalue weighted by Gasteiger charge is -2.17. The van der Waals surface area contributed by atoms with E-state index in [1.807, 2.05) is 30.3 Å². The van der Waals surface area contributed by atoms with Gasteiger partial charge in [0, 0.05) is 5.02 Å². The van der Waals surface area contributed by atoms with E-state index in [0.29, 0.717) is 5.02 Å². The Morgan fingerprint density at radius 2 is 2.00 bits per heavy atom. The first kappa shape index (κ1) is 14.5. The summed E-state index contributed by atoms with van der Waals surface area (Å²) in [5.41, 5.74) is 0.990. The highest BCUT2D eigenvalue weighted by molar-refractivity contribution is 6.38. The molecular weight excluding hydrogens is 307 g/mol. The molecule has 1 heterocycles. The molecule has 1 atom stereocenters. The van der Waals surface area contributed by atoms with Crippen LogP contribution in [-0.2, 0) is 4.79 Å². The Hall–Kier alpha value is -2.40. The van der Waals surface area contributed by atoms with Crippen molar-refractivity contribution in [2.75, 3.05) is 11.6 Å². The van der Waals surface area contributed by atoms with E-state index in [-0.39, 0.29) is 17.9 Å². The van der Waals surface area contributed by atoms with Crippen LogP contribution in [0, 0.1) is 5.82 Å². The predicted octanol–water partition coefficient (Wildman–Crippen LogP) is 3.52. The minimum Gasteiger partial charge on any atom is -0.477 e. The van der Waals surface area contributed by atoms with Crippen LogP contribution in [0.1, 0.15) is 11.5 Å². The van der Waals surface area contributed by atoms with Gasteiger partial charge in [0.05, 0.1) is 18.2 Å². The maximum Gasteiger partial charge on any atom is 0.352 e. The van der Waals surface area contributed by atoms with Crippen molar-refractivity contribution in [2.45, 2.75) is 5.92 Å². The second-order valence-electron chi connectivity index (χ2n) is 4.93. The number of aliphatic carboxylic acids is 1. The number of hydrogen-bond acceptors (Lipinski definition) is 3. The molecule has 1 aliphatic rings. The van der Waals surface area contributed by atoms with Crippen molar-refractivity contribution in [1.29, 1.82) is 0 Å². The summed E-state index contributed by atoms with van der Waals surface area (Å²) in [6.45, 7) is 0.253. The molecule has 6 heteroatoms. The summed E-state index contributed by atoms with van der Waals surface area (Å²) in [6.07, 6.45) is 0. The van der Waals surface area contributed by atoms with Gasteiger partial charge in [-0.05, 0) is 23.8 Å². The summed E-state index contributed by atoms with van der Waals surface area (Å²) >= 11 is 5.89. The van der Waals surface area contributed by atoms with Crippen molar-refractivity contribution in [3.63, 3.8) is 0 Å². The minimum absolute atomic E-state index is 0.00873. The standard InChI is InChI=1S/C16H12ClFN2O2/c17-11-6-7-13(18)14(8-11)20-9-12(15(19-20)16(21)22)10-4-2-1-3-5-10/h1-8,12H,9H2,(H,21,22). The fourth-order valence-corrected chi connectivity index (χ4v) is 2.64. The normalized spacial score (nSPS) is 17.5. The molecule has 1 aliphatic heterocycles. The fraction of sp³-hybridized carbons (Fsp3) is 0.125. The molecule has 3 rings (SSSR count). The van der Waals surface area contributed by atoms with E-state index in [1.54, 1.807) is 0 Å². The third-order valence-corrected chi connectivity index (χ3v) is 3.76. The minimum atomic E-state index is -1.11. The van der Waals surface area contributed by atoms with Gasteiger partial charge in [0.15, 0.2) is 5.71 Å². The number of benzene rings is 2. The Balaban J connectivity index is 2.00. The number of rotatable bonds is 3. The van der Waals surface area contributed by atoms with Gasteiger partial charge < -0.3 is 5.11 Å². The van der Waals surface area contributed by atoms with Crippen molar-refractivity contribution in [2.24, 2.45) is 5.10 Å². The maximum atomic E-state index is 14.0. The van der Waals surface area contributed by atoms with Gasteiger partial charge in [-0.25, -0.2) is 9.18 Å². The van der Waals surface area contributed by atoms with Crippen LogP contribution in [0.25, 0.3) is 0 Å². The Labute approximate surface area is 131 Å². The van der Waals surface area contributed by atoms with Gasteiger partial charge in [0.25, 0.3) is 0 Å². The van der Waals surface area contributed by atoms with Gasteiger partial charge >= 0.3 is 5.97 Å². The smallest absolute Gasteiger partial charge is 0.352 e. The molecule has 2 aromatic rings. The molecule has 0 radical (unpaired) electrons. The van der Waals surface area contributed by atoms with Crippen LogP contribution >= 0.6 is 11.6 Å². The maximum absolute atomic E-state index is 14.0. The van der Waals surface area contributed by atoms with Gasteiger partial charge in [-0.1, -0.05) is 41.9 Å². The SMILES string of the molecule is O=C(O)C1=NN(c2cc(Cl)ccc2F)CC1c1ccccc1. The van der Waals surface area contributed by atoms with Crippen LogP contribution in [0.15, 0.2) is 53.6 Å². The first-order valence-corrected chi connectivity index (χ1v) is 7.03. The number of hydrazone groups is 1. The van der Waals surface area contributed by atoms with Gasteiger partial charge in [-0.2, -0.15) is 5.10 Å². The quantitative estimate of drug-likeness (QED) is 0.942. The molecule has 0 bridgehead atoms. The predicted molar refractivity (Wildman–Crippen MR) is 83.0 cm³/mol. The van der Waals surface area contributed by atoms with E-state index in [9.17, 15) is 14.3 Å². The number of carbonyl (C=O) groups is 1. The lowest BCUT2D eigenvalue weighted by molar-refractivity contribution is -0.129. The second-order valence-corrected chi connectivity index (χ2v) is 5.37. The van der Waals surface area contributed by atoms with Crippen molar-refractivity contribution >= 4 is 29.0 Å². The van der Waals surface area contributed by atoms with Crippen LogP contribution in [0.4, 0.5) is 10.1 Å². The molecule has 1 unspecified atom stereocenters. The molecule has 0 amide bonds. The summed E-state index contributed by atoms with van der Waals surface area (Å²) in [5.74, 6) is -2.03. The number of hydrogen-bond donors (Lipinski definition) is 1. The number of anilines is 1. The van der Waals surface area contributed by atoms with Crippen molar-refractivity contribution in [1.82, 2.24) is 0 Å². The Morgan fingerprint density at radius 3 is 2.68 bits per heavy atom. The Kier molecular flexibility index (Phi) is 3.81. The second kappa shape index (κ2) is 5.77. The van der Waals surface area contributed by atoms with Crippen LogP contribution in [0.3, 0.4) is 0 Å². The van der Waals surface area contributed by atoms with E-state index in [2.05, 4.69) is 5.10 Å². The zero-order valence-corrected chi connectivity index (χ0v) is 12.2. The van der Waals surface area contributed by atoms with E-state index in [0.717, 1.165) is 5.56 Å². The van der Waals surface area contributed by atoms with Crippen molar-refractivity contribution in [3.05, 3.63) is 64.9 Å². The molecule has 2 aromatic carbocycles. The van der Waals surface area contributed by atoms with Crippen LogP contribution in [0.5, 0.6) is 0 Å². The average Bonchev–Trinajstić information content (AvgIpc) is 2.96. The Morgan fingerprint density at radius 1 is 1.27 bits per heavy atom. The summed E-state index contributed by atoms with van der Waals surface area (Å²) in [4.78, 5) is 11.4. The van der Waals surface area contributed by atoms with E-state index in [4.69, 9.17) is 11.6 Å². The number of nitrogens with zero attached hydrogens (tertiary/aromatic N) is 2. The molecule has 0 spiro atoms. The highest BCUT2D eigenvalue weighted by atomic mass is 35.5. The van der Waals surface area contributed by atoms with E-state index < -0.39 is 17.7 Å². The molecule has 0 aromatic heterocycles. The molecule has 0 fully saturated rings. The van der Waals surface area contributed by atoms with Gasteiger partial charge in [-0.15, -0.1) is 0 Å². The molecule has 1 N–H and O–H groups in total. The summed E-state index contributed by atoms with van der Waals surface area (Å²) in [7, 11) is 0. The molecular formula is C16H12ClFN2O2. The zero-order chi connectivity index (χ0) is 15.7. The van der Waals surface area contributed by atoms with E-state index >= 15 is 0 Å². The lowest BCUT2D eigenvalue weighted by Crippen LogP contribution is -2.22. The summed E-state index contributed by atoms with van der Waals surface area (Å²) in [5, 5.41) is 15.1. The molecule has 4 nitrogen and oxygen atoms in total. The summed E-state index contributed by atoms with van der Waals surface area (Å²) < 4.78 is 14.0. The van der Waals surface area contributed by atoms with Crippen LogP contribution < -0.4 is 5.01 Å². The average molecular weight is 319 g/mol. The molecule has 0 saturated heterocycles. The zero-order valence-electron chi connectivity index (χ0n) is 11.4. The van der Waals surface area contributed by atoms with Crippen molar-refractivity contribution < 1.29 is 14.3 Å². The monoisotopic (exact) mass is 318 g/mol. The number of carboxylic acids is 1. The summed E-state index contributed by atoms with van der Waals surface area (Å²) in [6, 6.07) is 13.3. The third-order valence-electron chi connectivity index (χ3n) is 3.52. The number of carboxylic acid groups (broad SMARTS) is 1. The Bertz CT molecular complexity index is 749. The highest BCUT2D eigenvalue weighted by Crippen LogP contribution is 2.32.